The number of aryl methyl sites for hydroxylation is 2. The van der Waals surface area contributed by atoms with Crippen molar-refractivity contribution in [3.63, 3.8) is 0 Å². The number of benzene rings is 1. The van der Waals surface area contributed by atoms with Crippen molar-refractivity contribution in [3.05, 3.63) is 82.6 Å². The Balaban J connectivity index is 1.64. The monoisotopic (exact) mass is 440 g/mol. The van der Waals surface area contributed by atoms with Gasteiger partial charge in [0.15, 0.2) is 5.65 Å². The van der Waals surface area contributed by atoms with Gasteiger partial charge >= 0.3 is 0 Å². The Morgan fingerprint density at radius 3 is 2.73 bits per heavy atom. The molecule has 0 saturated carbocycles. The fraction of sp³-hybridized carbons (Fsp3) is 0.308. The molecule has 1 N–H and O–H groups in total. The van der Waals surface area contributed by atoms with Gasteiger partial charge in [-0.25, -0.2) is 14.3 Å². The zero-order valence-corrected chi connectivity index (χ0v) is 19.3. The quantitative estimate of drug-likeness (QED) is 0.456. The van der Waals surface area contributed by atoms with E-state index in [-0.39, 0.29) is 11.0 Å². The fourth-order valence-corrected chi connectivity index (χ4v) is 4.38. The molecule has 0 unspecified atom stereocenters. The first-order valence-corrected chi connectivity index (χ1v) is 11.3. The van der Waals surface area contributed by atoms with E-state index in [9.17, 15) is 4.79 Å². The molecule has 4 aromatic rings. The van der Waals surface area contributed by atoms with Crippen molar-refractivity contribution in [2.24, 2.45) is 0 Å². The fourth-order valence-electron chi connectivity index (χ4n) is 4.38. The number of hydrogen-bond donors (Lipinski definition) is 1. The first-order chi connectivity index (χ1) is 15.8. The van der Waals surface area contributed by atoms with Crippen LogP contribution in [0.2, 0.25) is 0 Å². The van der Waals surface area contributed by atoms with E-state index in [1.807, 2.05) is 16.8 Å². The van der Waals surface area contributed by atoms with E-state index in [1.165, 1.54) is 17.5 Å². The van der Waals surface area contributed by atoms with Crippen LogP contribution in [0, 0.1) is 0 Å². The summed E-state index contributed by atoms with van der Waals surface area (Å²) >= 11 is 0. The second-order valence-electron chi connectivity index (χ2n) is 9.53. The number of rotatable bonds is 5. The van der Waals surface area contributed by atoms with E-state index in [1.54, 1.807) is 23.2 Å². The molecule has 7 nitrogen and oxygen atoms in total. The molecule has 1 aliphatic carbocycles. The van der Waals surface area contributed by atoms with Crippen LogP contribution in [0.3, 0.4) is 0 Å². The van der Waals surface area contributed by atoms with Crippen molar-refractivity contribution in [2.45, 2.75) is 52.0 Å². The van der Waals surface area contributed by atoms with E-state index in [2.05, 4.69) is 60.8 Å². The van der Waals surface area contributed by atoms with Crippen LogP contribution >= 0.6 is 0 Å². The molecule has 33 heavy (non-hydrogen) atoms. The average Bonchev–Trinajstić information content (AvgIpc) is 3.36. The number of allylic oxidation sites excluding steroid dienone is 1. The van der Waals surface area contributed by atoms with E-state index < -0.39 is 0 Å². The van der Waals surface area contributed by atoms with Crippen LogP contribution in [0.5, 0.6) is 0 Å². The summed E-state index contributed by atoms with van der Waals surface area (Å²) in [6.07, 6.45) is 8.53. The zero-order chi connectivity index (χ0) is 23.2. The topological polar surface area (TPSA) is 77.6 Å². The van der Waals surface area contributed by atoms with E-state index in [4.69, 9.17) is 4.98 Å². The molecule has 0 spiro atoms. The summed E-state index contributed by atoms with van der Waals surface area (Å²) in [5.41, 5.74) is 5.78. The molecule has 0 fully saturated rings. The van der Waals surface area contributed by atoms with E-state index in [0.29, 0.717) is 23.5 Å². The van der Waals surface area contributed by atoms with Gasteiger partial charge in [-0.15, -0.1) is 6.58 Å². The van der Waals surface area contributed by atoms with Crippen LogP contribution in [-0.4, -0.2) is 24.3 Å². The zero-order valence-electron chi connectivity index (χ0n) is 19.3. The third-order valence-corrected chi connectivity index (χ3v) is 6.09. The molecular formula is C26H28N6O. The predicted molar refractivity (Wildman–Crippen MR) is 132 cm³/mol. The largest absolute Gasteiger partial charge is 0.324 e. The molecule has 3 heterocycles. The molecule has 5 rings (SSSR count). The highest BCUT2D eigenvalue weighted by atomic mass is 16.1. The summed E-state index contributed by atoms with van der Waals surface area (Å²) in [6.45, 7) is 10.5. The van der Waals surface area contributed by atoms with Crippen molar-refractivity contribution in [1.29, 1.82) is 0 Å². The van der Waals surface area contributed by atoms with Crippen LogP contribution in [0.1, 0.15) is 44.0 Å². The van der Waals surface area contributed by atoms with Crippen molar-refractivity contribution < 1.29 is 0 Å². The molecule has 1 aromatic carbocycles. The number of anilines is 2. The van der Waals surface area contributed by atoms with Crippen LogP contribution in [0.4, 0.5) is 11.6 Å². The second-order valence-corrected chi connectivity index (χ2v) is 9.53. The first-order valence-electron chi connectivity index (χ1n) is 11.3. The van der Waals surface area contributed by atoms with Gasteiger partial charge in [0.25, 0.3) is 5.56 Å². The van der Waals surface area contributed by atoms with Gasteiger partial charge in [-0.2, -0.15) is 4.98 Å². The Bertz CT molecular complexity index is 1420. The van der Waals surface area contributed by atoms with Crippen molar-refractivity contribution in [1.82, 2.24) is 24.3 Å². The molecule has 0 atom stereocenters. The van der Waals surface area contributed by atoms with Gasteiger partial charge in [0.05, 0.1) is 12.2 Å². The lowest BCUT2D eigenvalue weighted by Gasteiger charge is -2.19. The Labute approximate surface area is 192 Å². The smallest absolute Gasteiger partial charge is 0.278 e. The highest BCUT2D eigenvalue weighted by Crippen LogP contribution is 2.27. The second kappa shape index (κ2) is 7.99. The van der Waals surface area contributed by atoms with E-state index in [0.717, 1.165) is 29.9 Å². The van der Waals surface area contributed by atoms with Crippen LogP contribution < -0.4 is 10.9 Å². The van der Waals surface area contributed by atoms with Gasteiger partial charge in [-0.1, -0.05) is 32.9 Å². The summed E-state index contributed by atoms with van der Waals surface area (Å²) in [7, 11) is 0. The van der Waals surface area contributed by atoms with Crippen LogP contribution in [-0.2, 0) is 24.8 Å². The minimum absolute atomic E-state index is 0.127. The third kappa shape index (κ3) is 3.84. The highest BCUT2D eigenvalue weighted by Gasteiger charge is 2.20. The lowest BCUT2D eigenvalue weighted by Crippen LogP contribution is -2.22. The van der Waals surface area contributed by atoms with Gasteiger partial charge in [0, 0.05) is 29.2 Å². The Morgan fingerprint density at radius 1 is 1.12 bits per heavy atom. The van der Waals surface area contributed by atoms with Gasteiger partial charge in [-0.3, -0.25) is 9.78 Å². The summed E-state index contributed by atoms with van der Waals surface area (Å²) < 4.78 is 3.47. The summed E-state index contributed by atoms with van der Waals surface area (Å²) in [6, 6.07) is 10.3. The molecule has 0 bridgehead atoms. The molecule has 0 amide bonds. The Hall–Kier alpha value is -3.74. The first kappa shape index (κ1) is 21.1. The predicted octanol–water partition coefficient (Wildman–Crippen LogP) is 4.69. The van der Waals surface area contributed by atoms with Crippen LogP contribution in [0.15, 0.2) is 60.2 Å². The maximum Gasteiger partial charge on any atom is 0.278 e. The normalized spacial score (nSPS) is 13.3. The molecule has 0 saturated heterocycles. The number of hydrogen-bond acceptors (Lipinski definition) is 5. The number of aromatic nitrogens is 5. The molecule has 7 heteroatoms. The lowest BCUT2D eigenvalue weighted by molar-refractivity contribution is 0.563. The number of fused-ring (bicyclic) bond motifs is 2. The lowest BCUT2D eigenvalue weighted by atomic mass is 9.91. The third-order valence-electron chi connectivity index (χ3n) is 6.09. The van der Waals surface area contributed by atoms with Gasteiger partial charge < -0.3 is 5.32 Å². The maximum atomic E-state index is 13.2. The van der Waals surface area contributed by atoms with Crippen molar-refractivity contribution in [2.75, 3.05) is 5.32 Å². The minimum Gasteiger partial charge on any atom is -0.324 e. The highest BCUT2D eigenvalue weighted by molar-refractivity contribution is 5.77. The molecular weight excluding hydrogens is 412 g/mol. The van der Waals surface area contributed by atoms with Gasteiger partial charge in [0.1, 0.15) is 5.39 Å². The number of nitrogens with one attached hydrogen (secondary N) is 1. The van der Waals surface area contributed by atoms with E-state index >= 15 is 0 Å². The molecule has 3 aromatic heterocycles. The van der Waals surface area contributed by atoms with Gasteiger partial charge in [-0.05, 0) is 54.7 Å². The molecule has 0 aliphatic heterocycles. The molecule has 0 radical (unpaired) electrons. The van der Waals surface area contributed by atoms with Crippen LogP contribution in [0.25, 0.3) is 16.7 Å². The SMILES string of the molecule is C=CCn1c(=O)c2cnc(Nc3ccc4c(c3)CCC4)nc2n1-c1ccnc(C(C)(C)C)c1. The molecule has 168 valence electrons. The summed E-state index contributed by atoms with van der Waals surface area (Å²) in [4.78, 5) is 26.9. The number of nitrogens with zero attached hydrogens (tertiary/aromatic N) is 5. The van der Waals surface area contributed by atoms with Gasteiger partial charge in [0.2, 0.25) is 5.95 Å². The van der Waals surface area contributed by atoms with Crippen molar-refractivity contribution >= 4 is 22.7 Å². The summed E-state index contributed by atoms with van der Waals surface area (Å²) in [5.74, 6) is 0.454. The Kier molecular flexibility index (Phi) is 5.12. The summed E-state index contributed by atoms with van der Waals surface area (Å²) in [5, 5.41) is 3.78. The number of pyridine rings is 1. The maximum absolute atomic E-state index is 13.2. The van der Waals surface area contributed by atoms with Crippen molar-refractivity contribution in [3.8, 4) is 5.69 Å². The Morgan fingerprint density at radius 2 is 1.94 bits per heavy atom. The minimum atomic E-state index is -0.150. The molecule has 1 aliphatic rings. The standard InChI is InChI=1S/C26H28N6O/c1-5-13-31-24(33)21-16-28-25(29-19-10-9-17-7-6-8-18(17)14-19)30-23(21)32(31)20-11-12-27-22(15-20)26(2,3)4/h5,9-12,14-16H,1,6-8,13H2,2-4H3,(H,28,29,30). The average molecular weight is 441 g/mol.